The van der Waals surface area contributed by atoms with Crippen LogP contribution in [-0.2, 0) is 19.4 Å². The van der Waals surface area contributed by atoms with Gasteiger partial charge in [0.05, 0.1) is 19.3 Å². The van der Waals surface area contributed by atoms with Crippen molar-refractivity contribution in [3.63, 3.8) is 0 Å². The highest BCUT2D eigenvalue weighted by atomic mass is 16.5. The van der Waals surface area contributed by atoms with E-state index >= 15 is 0 Å². The number of nitrogens with zero attached hydrogens (tertiary/aromatic N) is 4. The smallest absolute Gasteiger partial charge is 0.224 e. The van der Waals surface area contributed by atoms with Crippen molar-refractivity contribution in [2.24, 2.45) is 0 Å². The summed E-state index contributed by atoms with van der Waals surface area (Å²) < 4.78 is 10.3. The van der Waals surface area contributed by atoms with Crippen molar-refractivity contribution in [3.8, 4) is 5.75 Å². The zero-order valence-corrected chi connectivity index (χ0v) is 16.8. The number of aromatic amines is 1. The van der Waals surface area contributed by atoms with Crippen LogP contribution in [0.1, 0.15) is 22.7 Å². The molecule has 1 aromatic carbocycles. The Bertz CT molecular complexity index is 1110. The molecule has 0 bridgehead atoms. The maximum absolute atomic E-state index is 5.27. The summed E-state index contributed by atoms with van der Waals surface area (Å²) in [5.74, 6) is 3.56. The zero-order chi connectivity index (χ0) is 20.8. The molecule has 0 spiro atoms. The first-order valence-corrected chi connectivity index (χ1v) is 9.61. The summed E-state index contributed by atoms with van der Waals surface area (Å²) in [7, 11) is 1.67. The highest BCUT2D eigenvalue weighted by molar-refractivity contribution is 5.53. The maximum atomic E-state index is 5.27. The minimum absolute atomic E-state index is 0.485. The number of hydrogen-bond acceptors (Lipinski definition) is 8. The highest BCUT2D eigenvalue weighted by Gasteiger charge is 2.06. The molecule has 0 amide bonds. The molecule has 3 N–H and O–H groups in total. The molecule has 4 rings (SSSR count). The molecule has 0 aliphatic heterocycles. The summed E-state index contributed by atoms with van der Waals surface area (Å²) in [5.41, 5.74) is 2.97. The Labute approximate surface area is 173 Å². The van der Waals surface area contributed by atoms with Gasteiger partial charge in [0.15, 0.2) is 0 Å². The minimum Gasteiger partial charge on any atom is -0.497 e. The van der Waals surface area contributed by atoms with Crippen LogP contribution >= 0.6 is 0 Å². The van der Waals surface area contributed by atoms with Gasteiger partial charge in [-0.2, -0.15) is 10.1 Å². The molecular formula is C21H23N7O2. The zero-order valence-electron chi connectivity index (χ0n) is 16.8. The van der Waals surface area contributed by atoms with Gasteiger partial charge in [0.2, 0.25) is 5.95 Å². The predicted octanol–water partition coefficient (Wildman–Crippen LogP) is 3.65. The Hall–Kier alpha value is -3.88. The van der Waals surface area contributed by atoms with E-state index in [4.69, 9.17) is 9.26 Å². The Balaban J connectivity index is 1.32. The Morgan fingerprint density at radius 3 is 2.87 bits per heavy atom. The largest absolute Gasteiger partial charge is 0.497 e. The molecule has 30 heavy (non-hydrogen) atoms. The highest BCUT2D eigenvalue weighted by Crippen LogP contribution is 2.17. The fraction of sp³-hybridized carbons (Fsp3) is 0.238. The van der Waals surface area contributed by atoms with Gasteiger partial charge < -0.3 is 19.9 Å². The van der Waals surface area contributed by atoms with Crippen molar-refractivity contribution in [2.45, 2.75) is 26.3 Å². The number of anilines is 3. The third-order valence-corrected chi connectivity index (χ3v) is 4.46. The van der Waals surface area contributed by atoms with E-state index in [0.717, 1.165) is 41.6 Å². The molecule has 154 valence electrons. The van der Waals surface area contributed by atoms with E-state index in [9.17, 15) is 0 Å². The maximum Gasteiger partial charge on any atom is 0.224 e. The Kier molecular flexibility index (Phi) is 5.88. The van der Waals surface area contributed by atoms with Crippen LogP contribution in [0.25, 0.3) is 0 Å². The predicted molar refractivity (Wildman–Crippen MR) is 113 cm³/mol. The third kappa shape index (κ3) is 5.13. The fourth-order valence-electron chi connectivity index (χ4n) is 2.98. The SMILES string of the molecule is COc1cccc(CCc2cc(Nc3ccnc(NCc4cc(C)on4)n3)[nH]n2)c1. The van der Waals surface area contributed by atoms with Gasteiger partial charge in [0, 0.05) is 18.3 Å². The number of H-pyrrole nitrogens is 1. The molecule has 9 nitrogen and oxygen atoms in total. The third-order valence-electron chi connectivity index (χ3n) is 4.46. The number of nitrogens with one attached hydrogen (secondary N) is 3. The number of benzene rings is 1. The molecule has 9 heteroatoms. The second-order valence-electron chi connectivity index (χ2n) is 6.80. The van der Waals surface area contributed by atoms with Crippen molar-refractivity contribution in [3.05, 3.63) is 71.4 Å². The van der Waals surface area contributed by atoms with Gasteiger partial charge in [-0.25, -0.2) is 4.98 Å². The fourth-order valence-corrected chi connectivity index (χ4v) is 2.98. The van der Waals surface area contributed by atoms with Gasteiger partial charge in [-0.3, -0.25) is 5.10 Å². The van der Waals surface area contributed by atoms with Crippen LogP contribution in [0.4, 0.5) is 17.6 Å². The average Bonchev–Trinajstić information content (AvgIpc) is 3.40. The minimum atomic E-state index is 0.485. The Morgan fingerprint density at radius 2 is 2.03 bits per heavy atom. The van der Waals surface area contributed by atoms with Crippen molar-refractivity contribution in [1.29, 1.82) is 0 Å². The first kappa shape index (κ1) is 19.4. The molecule has 0 unspecified atom stereocenters. The van der Waals surface area contributed by atoms with Crippen molar-refractivity contribution >= 4 is 17.6 Å². The number of aryl methyl sites for hydroxylation is 3. The summed E-state index contributed by atoms with van der Waals surface area (Å²) in [6.45, 7) is 2.34. The summed E-state index contributed by atoms with van der Waals surface area (Å²) in [5, 5.41) is 17.7. The molecular weight excluding hydrogens is 382 g/mol. The van der Waals surface area contributed by atoms with Crippen LogP contribution in [0.15, 0.2) is 53.2 Å². The van der Waals surface area contributed by atoms with E-state index in [2.05, 4.69) is 42.0 Å². The van der Waals surface area contributed by atoms with Gasteiger partial charge in [-0.15, -0.1) is 0 Å². The lowest BCUT2D eigenvalue weighted by Gasteiger charge is -2.05. The number of hydrogen-bond donors (Lipinski definition) is 3. The van der Waals surface area contributed by atoms with Crippen LogP contribution in [0.3, 0.4) is 0 Å². The lowest BCUT2D eigenvalue weighted by atomic mass is 10.1. The van der Waals surface area contributed by atoms with Crippen molar-refractivity contribution < 1.29 is 9.26 Å². The van der Waals surface area contributed by atoms with E-state index in [0.29, 0.717) is 18.3 Å². The quantitative estimate of drug-likeness (QED) is 0.387. The molecule has 0 aliphatic rings. The number of ether oxygens (including phenoxy) is 1. The molecule has 3 aromatic heterocycles. The van der Waals surface area contributed by atoms with Gasteiger partial charge in [-0.1, -0.05) is 17.3 Å². The van der Waals surface area contributed by atoms with Crippen molar-refractivity contribution in [1.82, 2.24) is 25.3 Å². The van der Waals surface area contributed by atoms with Crippen LogP contribution in [0.2, 0.25) is 0 Å². The topological polar surface area (TPSA) is 114 Å². The number of aromatic nitrogens is 5. The Morgan fingerprint density at radius 1 is 1.10 bits per heavy atom. The lowest BCUT2D eigenvalue weighted by molar-refractivity contribution is 0.391. The van der Waals surface area contributed by atoms with Gasteiger partial charge in [-0.05, 0) is 43.5 Å². The molecule has 0 saturated heterocycles. The summed E-state index contributed by atoms with van der Waals surface area (Å²) in [6, 6.07) is 13.7. The van der Waals surface area contributed by atoms with E-state index in [-0.39, 0.29) is 0 Å². The molecule has 3 heterocycles. The number of rotatable bonds is 9. The number of methoxy groups -OCH3 is 1. The van der Waals surface area contributed by atoms with E-state index in [1.54, 1.807) is 19.4 Å². The molecule has 0 atom stereocenters. The van der Waals surface area contributed by atoms with E-state index < -0.39 is 0 Å². The first-order valence-electron chi connectivity index (χ1n) is 9.61. The summed E-state index contributed by atoms with van der Waals surface area (Å²) >= 11 is 0. The average molecular weight is 405 g/mol. The molecule has 0 fully saturated rings. The second-order valence-corrected chi connectivity index (χ2v) is 6.80. The van der Waals surface area contributed by atoms with Crippen LogP contribution in [0, 0.1) is 6.92 Å². The lowest BCUT2D eigenvalue weighted by Crippen LogP contribution is -2.05. The molecule has 0 aliphatic carbocycles. The second kappa shape index (κ2) is 9.08. The van der Waals surface area contributed by atoms with Crippen molar-refractivity contribution in [2.75, 3.05) is 17.7 Å². The monoisotopic (exact) mass is 405 g/mol. The van der Waals surface area contributed by atoms with Gasteiger partial charge in [0.1, 0.15) is 28.8 Å². The molecule has 4 aromatic rings. The molecule has 0 radical (unpaired) electrons. The van der Waals surface area contributed by atoms with Gasteiger partial charge >= 0.3 is 0 Å². The van der Waals surface area contributed by atoms with Crippen LogP contribution in [0.5, 0.6) is 5.75 Å². The van der Waals surface area contributed by atoms with E-state index in [1.807, 2.05) is 37.3 Å². The normalized spacial score (nSPS) is 10.7. The first-order chi connectivity index (χ1) is 14.7. The van der Waals surface area contributed by atoms with Crippen LogP contribution in [-0.4, -0.2) is 32.4 Å². The summed E-state index contributed by atoms with van der Waals surface area (Å²) in [6.07, 6.45) is 3.38. The summed E-state index contributed by atoms with van der Waals surface area (Å²) in [4.78, 5) is 8.69. The van der Waals surface area contributed by atoms with Gasteiger partial charge in [0.25, 0.3) is 0 Å². The van der Waals surface area contributed by atoms with Crippen LogP contribution < -0.4 is 15.4 Å². The van der Waals surface area contributed by atoms with E-state index in [1.165, 1.54) is 5.56 Å². The molecule has 0 saturated carbocycles. The standard InChI is InChI=1S/C21H23N7O2/c1-14-10-17(28-30-14)13-23-21-22-9-8-19(25-21)24-20-12-16(26-27-20)7-6-15-4-3-5-18(11-15)29-2/h3-5,8-12H,6-7,13H2,1-2H3,(H3,22,23,24,25,26,27).